The lowest BCUT2D eigenvalue weighted by atomic mass is 10.2. The molecule has 0 aliphatic rings. The molecule has 0 fully saturated rings. The van der Waals surface area contributed by atoms with Crippen LogP contribution >= 0.6 is 0 Å². The number of aromatic nitrogens is 3. The lowest BCUT2D eigenvalue weighted by Crippen LogP contribution is -2.09. The van der Waals surface area contributed by atoms with Gasteiger partial charge in [0, 0.05) is 56.1 Å². The fourth-order valence-electron chi connectivity index (χ4n) is 2.95. The standard InChI is InChI=1S/C21H24N8O5S/c1-3-34-12-4-9-24-21-18(19(22)25-20(26-21)14-7-10-23-11-8-14)28-27-16-6-5-15(29(30)31)13-17(16)35(2,32)33/h5-8,10-11,13H,3-4,9,12H2,1-2H3,(H3,22,24,25,26). The quantitative estimate of drug-likeness (QED) is 0.170. The van der Waals surface area contributed by atoms with Gasteiger partial charge >= 0.3 is 0 Å². The fourth-order valence-corrected chi connectivity index (χ4v) is 3.77. The van der Waals surface area contributed by atoms with E-state index in [-0.39, 0.29) is 33.6 Å². The Bertz CT molecular complexity index is 1330. The summed E-state index contributed by atoms with van der Waals surface area (Å²) in [4.78, 5) is 22.8. The number of hydrogen-bond donors (Lipinski definition) is 2. The Morgan fingerprint density at radius 3 is 2.57 bits per heavy atom. The van der Waals surface area contributed by atoms with E-state index < -0.39 is 14.8 Å². The number of nitrogens with one attached hydrogen (secondary N) is 1. The molecule has 2 aromatic heterocycles. The molecule has 184 valence electrons. The zero-order valence-electron chi connectivity index (χ0n) is 19.1. The van der Waals surface area contributed by atoms with Gasteiger partial charge in [0.1, 0.15) is 10.6 Å². The molecule has 0 saturated carbocycles. The highest BCUT2D eigenvalue weighted by molar-refractivity contribution is 7.90. The van der Waals surface area contributed by atoms with Gasteiger partial charge < -0.3 is 15.8 Å². The molecule has 0 aliphatic heterocycles. The van der Waals surface area contributed by atoms with Crippen LogP contribution in [0.25, 0.3) is 11.4 Å². The van der Waals surface area contributed by atoms with Crippen molar-refractivity contribution in [2.24, 2.45) is 10.2 Å². The Balaban J connectivity index is 2.02. The number of non-ortho nitro benzene ring substituents is 1. The molecule has 3 N–H and O–H groups in total. The molecule has 0 unspecified atom stereocenters. The van der Waals surface area contributed by atoms with Gasteiger partial charge in [-0.15, -0.1) is 10.2 Å². The molecule has 3 rings (SSSR count). The maximum atomic E-state index is 12.2. The molecular formula is C21H24N8O5S. The molecule has 14 heteroatoms. The van der Waals surface area contributed by atoms with Crippen LogP contribution in [0.1, 0.15) is 13.3 Å². The topological polar surface area (TPSA) is 188 Å². The van der Waals surface area contributed by atoms with E-state index in [4.69, 9.17) is 10.5 Å². The summed E-state index contributed by atoms with van der Waals surface area (Å²) in [6.45, 7) is 3.53. The summed E-state index contributed by atoms with van der Waals surface area (Å²) in [6.07, 6.45) is 4.80. The molecule has 0 radical (unpaired) electrons. The number of nitrogens with zero attached hydrogens (tertiary/aromatic N) is 6. The summed E-state index contributed by atoms with van der Waals surface area (Å²) < 4.78 is 29.7. The van der Waals surface area contributed by atoms with Crippen LogP contribution in [0.5, 0.6) is 0 Å². The van der Waals surface area contributed by atoms with Gasteiger partial charge in [0.2, 0.25) is 0 Å². The highest BCUT2D eigenvalue weighted by Gasteiger charge is 2.19. The molecule has 0 bridgehead atoms. The normalized spacial score (nSPS) is 11.6. The molecular weight excluding hydrogens is 476 g/mol. The summed E-state index contributed by atoms with van der Waals surface area (Å²) >= 11 is 0. The fraction of sp³-hybridized carbons (Fsp3) is 0.286. The van der Waals surface area contributed by atoms with Crippen LogP contribution in [-0.4, -0.2) is 54.3 Å². The number of rotatable bonds is 11. The summed E-state index contributed by atoms with van der Waals surface area (Å²) in [6, 6.07) is 6.73. The number of nitrogens with two attached hydrogens (primary N) is 1. The largest absolute Gasteiger partial charge is 0.382 e. The number of benzene rings is 1. The van der Waals surface area contributed by atoms with Crippen LogP contribution in [0.3, 0.4) is 0 Å². The maximum absolute atomic E-state index is 12.2. The second-order valence-electron chi connectivity index (χ2n) is 7.22. The predicted molar refractivity (Wildman–Crippen MR) is 130 cm³/mol. The highest BCUT2D eigenvalue weighted by atomic mass is 32.2. The van der Waals surface area contributed by atoms with Gasteiger partial charge in [-0.05, 0) is 31.5 Å². The minimum absolute atomic E-state index is 0.00527. The minimum atomic E-state index is -3.84. The molecule has 35 heavy (non-hydrogen) atoms. The smallest absolute Gasteiger partial charge is 0.270 e. The first-order chi connectivity index (χ1) is 16.7. The van der Waals surface area contributed by atoms with E-state index >= 15 is 0 Å². The van der Waals surface area contributed by atoms with Crippen molar-refractivity contribution >= 4 is 38.5 Å². The summed E-state index contributed by atoms with van der Waals surface area (Å²) in [5.41, 5.74) is 6.48. The van der Waals surface area contributed by atoms with Crippen LogP contribution in [0.4, 0.5) is 28.7 Å². The third-order valence-electron chi connectivity index (χ3n) is 4.62. The first-order valence-electron chi connectivity index (χ1n) is 10.5. The Hall–Kier alpha value is -4.04. The third kappa shape index (κ3) is 6.74. The number of nitro groups is 1. The number of nitrogen functional groups attached to an aromatic ring is 1. The molecule has 2 heterocycles. The van der Waals surface area contributed by atoms with Gasteiger partial charge in [0.25, 0.3) is 5.69 Å². The molecule has 0 saturated heterocycles. The number of ether oxygens (including phenoxy) is 1. The maximum Gasteiger partial charge on any atom is 0.270 e. The Morgan fingerprint density at radius 2 is 1.91 bits per heavy atom. The van der Waals surface area contributed by atoms with Crippen molar-refractivity contribution in [2.45, 2.75) is 18.2 Å². The monoisotopic (exact) mass is 500 g/mol. The van der Waals surface area contributed by atoms with E-state index in [0.717, 1.165) is 18.4 Å². The van der Waals surface area contributed by atoms with Crippen molar-refractivity contribution < 1.29 is 18.1 Å². The first kappa shape index (κ1) is 25.6. The first-order valence-corrected chi connectivity index (χ1v) is 12.4. The van der Waals surface area contributed by atoms with Gasteiger partial charge in [0.15, 0.2) is 33.0 Å². The van der Waals surface area contributed by atoms with E-state index in [2.05, 4.69) is 30.5 Å². The number of nitro benzene ring substituents is 1. The average Bonchev–Trinajstić information content (AvgIpc) is 2.83. The Morgan fingerprint density at radius 1 is 1.17 bits per heavy atom. The van der Waals surface area contributed by atoms with Gasteiger partial charge in [-0.3, -0.25) is 15.1 Å². The SMILES string of the molecule is CCOCCCNc1nc(-c2ccncc2)nc(N)c1N=Nc1ccc([N+](=O)[O-])cc1S(C)(=O)=O. The van der Waals surface area contributed by atoms with Gasteiger partial charge in [-0.25, -0.2) is 18.4 Å². The van der Waals surface area contributed by atoms with Crippen molar-refractivity contribution in [1.82, 2.24) is 15.0 Å². The van der Waals surface area contributed by atoms with Crippen LogP contribution in [0, 0.1) is 10.1 Å². The van der Waals surface area contributed by atoms with Crippen LogP contribution in [0.2, 0.25) is 0 Å². The molecule has 0 spiro atoms. The number of pyridine rings is 1. The van der Waals surface area contributed by atoms with Crippen LogP contribution in [0.15, 0.2) is 57.8 Å². The lowest BCUT2D eigenvalue weighted by molar-refractivity contribution is -0.385. The molecule has 0 amide bonds. The van der Waals surface area contributed by atoms with Gasteiger partial charge in [-0.1, -0.05) is 0 Å². The zero-order chi connectivity index (χ0) is 25.4. The predicted octanol–water partition coefficient (Wildman–Crippen LogP) is 3.69. The van der Waals surface area contributed by atoms with Crippen molar-refractivity contribution in [3.05, 3.63) is 52.8 Å². The third-order valence-corrected chi connectivity index (χ3v) is 5.75. The number of azo groups is 1. The summed E-state index contributed by atoms with van der Waals surface area (Å²) in [5, 5.41) is 22.3. The minimum Gasteiger partial charge on any atom is -0.382 e. The van der Waals surface area contributed by atoms with E-state index in [1.54, 1.807) is 24.5 Å². The highest BCUT2D eigenvalue weighted by Crippen LogP contribution is 2.35. The summed E-state index contributed by atoms with van der Waals surface area (Å²) in [7, 11) is -3.84. The van der Waals surface area contributed by atoms with E-state index in [1.165, 1.54) is 6.07 Å². The number of anilines is 2. The number of sulfone groups is 1. The Kier molecular flexibility index (Phi) is 8.33. The number of hydrogen-bond acceptors (Lipinski definition) is 12. The van der Waals surface area contributed by atoms with Crippen molar-refractivity contribution in [2.75, 3.05) is 37.1 Å². The lowest BCUT2D eigenvalue weighted by Gasteiger charge is -2.12. The molecule has 13 nitrogen and oxygen atoms in total. The van der Waals surface area contributed by atoms with Crippen molar-refractivity contribution in [3.63, 3.8) is 0 Å². The van der Waals surface area contributed by atoms with Gasteiger partial charge in [-0.2, -0.15) is 0 Å². The summed E-state index contributed by atoms with van der Waals surface area (Å²) in [5.74, 6) is 0.626. The zero-order valence-corrected chi connectivity index (χ0v) is 19.9. The van der Waals surface area contributed by atoms with Crippen molar-refractivity contribution in [3.8, 4) is 11.4 Å². The average molecular weight is 501 g/mol. The molecule has 0 aliphatic carbocycles. The van der Waals surface area contributed by atoms with E-state index in [1.807, 2.05) is 6.92 Å². The Labute approximate surface area is 201 Å². The molecule has 3 aromatic rings. The second-order valence-corrected chi connectivity index (χ2v) is 9.21. The van der Waals surface area contributed by atoms with Gasteiger partial charge in [0.05, 0.1) is 4.92 Å². The van der Waals surface area contributed by atoms with Crippen LogP contribution < -0.4 is 11.1 Å². The van der Waals surface area contributed by atoms with E-state index in [0.29, 0.717) is 37.6 Å². The molecule has 0 atom stereocenters. The second kappa shape index (κ2) is 11.4. The van der Waals surface area contributed by atoms with Crippen molar-refractivity contribution in [1.29, 1.82) is 0 Å². The van der Waals surface area contributed by atoms with Crippen LogP contribution in [-0.2, 0) is 14.6 Å². The molecule has 1 aromatic carbocycles. The van der Waals surface area contributed by atoms with E-state index in [9.17, 15) is 18.5 Å².